The number of halogens is 1. The summed E-state index contributed by atoms with van der Waals surface area (Å²) in [6.45, 7) is 4.47. The van der Waals surface area contributed by atoms with Crippen molar-refractivity contribution in [3.8, 4) is 0 Å². The lowest BCUT2D eigenvalue weighted by atomic mass is 10.1. The normalized spacial score (nSPS) is 14.8. The fourth-order valence-corrected chi connectivity index (χ4v) is 2.10. The molecule has 1 aliphatic rings. The highest BCUT2D eigenvalue weighted by Crippen LogP contribution is 2.28. The Morgan fingerprint density at radius 1 is 1.46 bits per heavy atom. The van der Waals surface area contributed by atoms with E-state index in [9.17, 15) is 0 Å². The van der Waals surface area contributed by atoms with Crippen LogP contribution in [0, 0.1) is 0 Å². The zero-order valence-corrected chi connectivity index (χ0v) is 8.64. The number of benzene rings is 1. The quantitative estimate of drug-likeness (QED) is 0.656. The third-order valence-electron chi connectivity index (χ3n) is 2.67. The van der Waals surface area contributed by atoms with Gasteiger partial charge in [-0.2, -0.15) is 0 Å². The van der Waals surface area contributed by atoms with E-state index in [0.29, 0.717) is 5.88 Å². The molecule has 0 saturated carbocycles. The average molecular weight is 196 g/mol. The number of likely N-dealkylation sites (N-methyl/N-ethyl adjacent to an activating group) is 1. The van der Waals surface area contributed by atoms with Gasteiger partial charge < -0.3 is 4.90 Å². The summed E-state index contributed by atoms with van der Waals surface area (Å²) in [5.41, 5.74) is 4.09. The molecule has 0 radical (unpaired) electrons. The minimum atomic E-state index is 0.624. The highest BCUT2D eigenvalue weighted by Gasteiger charge is 2.16. The number of alkyl halides is 1. The summed E-state index contributed by atoms with van der Waals surface area (Å²) < 4.78 is 0. The Labute approximate surface area is 84.3 Å². The van der Waals surface area contributed by atoms with Crippen molar-refractivity contribution in [2.24, 2.45) is 0 Å². The summed E-state index contributed by atoms with van der Waals surface area (Å²) in [4.78, 5) is 2.41. The zero-order valence-electron chi connectivity index (χ0n) is 7.89. The Balaban J connectivity index is 2.34. The van der Waals surface area contributed by atoms with Gasteiger partial charge in [0.15, 0.2) is 0 Å². The van der Waals surface area contributed by atoms with Crippen LogP contribution in [0.25, 0.3) is 0 Å². The molecule has 1 aromatic carbocycles. The summed E-state index contributed by atoms with van der Waals surface area (Å²) in [6, 6.07) is 6.56. The molecule has 0 spiro atoms. The molecule has 0 saturated heterocycles. The Bertz CT molecular complexity index is 309. The first-order valence-corrected chi connectivity index (χ1v) is 5.31. The smallest absolute Gasteiger partial charge is 0.0474 e. The van der Waals surface area contributed by atoms with Crippen LogP contribution >= 0.6 is 11.6 Å². The minimum Gasteiger partial charge on any atom is -0.371 e. The van der Waals surface area contributed by atoms with E-state index in [0.717, 1.165) is 13.1 Å². The van der Waals surface area contributed by atoms with Gasteiger partial charge in [-0.3, -0.25) is 0 Å². The molecule has 0 amide bonds. The molecule has 0 N–H and O–H groups in total. The predicted octanol–water partition coefficient (Wildman–Crippen LogP) is 2.81. The molecule has 0 aromatic heterocycles. The molecule has 1 heterocycles. The number of hydrogen-bond acceptors (Lipinski definition) is 1. The maximum absolute atomic E-state index is 5.79. The summed E-state index contributed by atoms with van der Waals surface area (Å²) >= 11 is 5.79. The largest absolute Gasteiger partial charge is 0.371 e. The fourth-order valence-electron chi connectivity index (χ4n) is 1.94. The molecule has 2 rings (SSSR count). The number of rotatable bonds is 2. The van der Waals surface area contributed by atoms with Crippen LogP contribution in [0.15, 0.2) is 18.2 Å². The Kier molecular flexibility index (Phi) is 2.45. The molecular formula is C11H14ClN. The molecule has 70 valence electrons. The molecule has 0 fully saturated rings. The van der Waals surface area contributed by atoms with Crippen LogP contribution in [-0.4, -0.2) is 13.1 Å². The maximum Gasteiger partial charge on any atom is 0.0474 e. The van der Waals surface area contributed by atoms with Crippen molar-refractivity contribution < 1.29 is 0 Å². The zero-order chi connectivity index (χ0) is 9.26. The van der Waals surface area contributed by atoms with E-state index >= 15 is 0 Å². The van der Waals surface area contributed by atoms with Crippen molar-refractivity contribution in [2.45, 2.75) is 19.2 Å². The molecule has 1 aliphatic heterocycles. The number of hydrogen-bond donors (Lipinski definition) is 0. The molecule has 2 heteroatoms. The van der Waals surface area contributed by atoms with Gasteiger partial charge in [-0.25, -0.2) is 0 Å². The lowest BCUT2D eigenvalue weighted by molar-refractivity contribution is 0.868. The van der Waals surface area contributed by atoms with Gasteiger partial charge in [0, 0.05) is 24.7 Å². The monoisotopic (exact) mass is 195 g/mol. The summed E-state index contributed by atoms with van der Waals surface area (Å²) in [7, 11) is 0. The van der Waals surface area contributed by atoms with Crippen molar-refractivity contribution in [3.05, 3.63) is 29.3 Å². The van der Waals surface area contributed by atoms with Gasteiger partial charge in [-0.05, 0) is 30.5 Å². The van der Waals surface area contributed by atoms with E-state index in [1.807, 2.05) is 0 Å². The Morgan fingerprint density at radius 2 is 2.31 bits per heavy atom. The van der Waals surface area contributed by atoms with Gasteiger partial charge in [-0.15, -0.1) is 11.6 Å². The van der Waals surface area contributed by atoms with Crippen LogP contribution in [0.1, 0.15) is 18.1 Å². The maximum atomic E-state index is 5.79. The first-order valence-electron chi connectivity index (χ1n) is 4.78. The number of anilines is 1. The predicted molar refractivity (Wildman–Crippen MR) is 57.6 cm³/mol. The van der Waals surface area contributed by atoms with Crippen molar-refractivity contribution in [2.75, 3.05) is 18.0 Å². The molecule has 0 aliphatic carbocycles. The molecule has 13 heavy (non-hydrogen) atoms. The first-order chi connectivity index (χ1) is 6.35. The molecule has 0 bridgehead atoms. The highest BCUT2D eigenvalue weighted by atomic mass is 35.5. The molecular weight excluding hydrogens is 182 g/mol. The van der Waals surface area contributed by atoms with Gasteiger partial charge >= 0.3 is 0 Å². The second-order valence-electron chi connectivity index (χ2n) is 3.43. The van der Waals surface area contributed by atoms with Gasteiger partial charge in [0.1, 0.15) is 0 Å². The van der Waals surface area contributed by atoms with Gasteiger partial charge in [0.2, 0.25) is 0 Å². The van der Waals surface area contributed by atoms with E-state index < -0.39 is 0 Å². The molecule has 0 atom stereocenters. The van der Waals surface area contributed by atoms with E-state index in [-0.39, 0.29) is 0 Å². The van der Waals surface area contributed by atoms with Gasteiger partial charge in [0.05, 0.1) is 0 Å². The Morgan fingerprint density at radius 3 is 3.00 bits per heavy atom. The third-order valence-corrected chi connectivity index (χ3v) is 2.98. The molecule has 1 aromatic rings. The Hall–Kier alpha value is -0.690. The lowest BCUT2D eigenvalue weighted by Gasteiger charge is -2.16. The average Bonchev–Trinajstić information content (AvgIpc) is 2.59. The van der Waals surface area contributed by atoms with E-state index in [1.54, 1.807) is 0 Å². The highest BCUT2D eigenvalue weighted by molar-refractivity contribution is 6.17. The van der Waals surface area contributed by atoms with Gasteiger partial charge in [-0.1, -0.05) is 12.1 Å². The standard InChI is InChI=1S/C11H14ClN/c1-2-13-6-5-10-7-9(8-12)3-4-11(10)13/h3-4,7H,2,5-6,8H2,1H3. The van der Waals surface area contributed by atoms with Crippen LogP contribution in [0.4, 0.5) is 5.69 Å². The van der Waals surface area contributed by atoms with Crippen LogP contribution < -0.4 is 4.90 Å². The summed E-state index contributed by atoms with van der Waals surface area (Å²) in [5, 5.41) is 0. The second-order valence-corrected chi connectivity index (χ2v) is 3.69. The van der Waals surface area contributed by atoms with Crippen molar-refractivity contribution in [3.63, 3.8) is 0 Å². The number of nitrogens with zero attached hydrogens (tertiary/aromatic N) is 1. The van der Waals surface area contributed by atoms with Gasteiger partial charge in [0.25, 0.3) is 0 Å². The van der Waals surface area contributed by atoms with Crippen LogP contribution in [0.3, 0.4) is 0 Å². The van der Waals surface area contributed by atoms with Crippen molar-refractivity contribution in [1.29, 1.82) is 0 Å². The van der Waals surface area contributed by atoms with Crippen LogP contribution in [0.2, 0.25) is 0 Å². The minimum absolute atomic E-state index is 0.624. The van der Waals surface area contributed by atoms with Crippen LogP contribution in [0.5, 0.6) is 0 Å². The van der Waals surface area contributed by atoms with E-state index in [2.05, 4.69) is 30.0 Å². The summed E-state index contributed by atoms with van der Waals surface area (Å²) in [6.07, 6.45) is 1.17. The molecule has 1 nitrogen and oxygen atoms in total. The second kappa shape index (κ2) is 3.59. The van der Waals surface area contributed by atoms with E-state index in [4.69, 9.17) is 11.6 Å². The molecule has 0 unspecified atom stereocenters. The topological polar surface area (TPSA) is 3.24 Å². The first kappa shape index (κ1) is 8.89. The van der Waals surface area contributed by atoms with Crippen molar-refractivity contribution >= 4 is 17.3 Å². The lowest BCUT2D eigenvalue weighted by Crippen LogP contribution is -2.18. The number of fused-ring (bicyclic) bond motifs is 1. The fraction of sp³-hybridized carbons (Fsp3) is 0.455. The third kappa shape index (κ3) is 1.53. The van der Waals surface area contributed by atoms with Crippen LogP contribution in [-0.2, 0) is 12.3 Å². The van der Waals surface area contributed by atoms with Crippen molar-refractivity contribution in [1.82, 2.24) is 0 Å². The summed E-state index contributed by atoms with van der Waals surface area (Å²) in [5.74, 6) is 0.624. The SMILES string of the molecule is CCN1CCc2cc(CCl)ccc21. The van der Waals surface area contributed by atoms with E-state index in [1.165, 1.54) is 23.2 Å².